The number of nitrogens with one attached hydrogen (secondary N) is 1. The first-order chi connectivity index (χ1) is 11.4. The van der Waals surface area contributed by atoms with Crippen molar-refractivity contribution < 1.29 is 25.2 Å². The first kappa shape index (κ1) is 17.3. The van der Waals surface area contributed by atoms with Crippen LogP contribution in [0.5, 0.6) is 17.2 Å². The van der Waals surface area contributed by atoms with Crippen molar-refractivity contribution >= 4 is 12.0 Å². The van der Waals surface area contributed by atoms with E-state index in [1.807, 2.05) is 0 Å². The highest BCUT2D eigenvalue weighted by Gasteiger charge is 2.11. The van der Waals surface area contributed by atoms with Crippen molar-refractivity contribution in [2.24, 2.45) is 0 Å². The molecule has 0 spiro atoms. The molecule has 0 atom stereocenters. The van der Waals surface area contributed by atoms with E-state index in [9.17, 15) is 25.2 Å². The molecular weight excluding hydrogens is 312 g/mol. The van der Waals surface area contributed by atoms with Crippen LogP contribution in [0.3, 0.4) is 0 Å². The van der Waals surface area contributed by atoms with E-state index >= 15 is 0 Å². The van der Waals surface area contributed by atoms with E-state index in [2.05, 4.69) is 10.3 Å². The second-order valence-corrected chi connectivity index (χ2v) is 5.19. The number of rotatable bonds is 5. The number of hydrogen-bond donors (Lipinski definition) is 5. The fourth-order valence-corrected chi connectivity index (χ4v) is 2.14. The quantitative estimate of drug-likeness (QED) is 0.527. The Morgan fingerprint density at radius 1 is 1.21 bits per heavy atom. The molecule has 2 rings (SSSR count). The normalized spacial score (nSPS) is 10.9. The molecule has 0 aliphatic carbocycles. The third-order valence-electron chi connectivity index (χ3n) is 3.39. The maximum atomic E-state index is 11.9. The van der Waals surface area contributed by atoms with E-state index in [0.717, 1.165) is 0 Å². The molecule has 7 nitrogen and oxygen atoms in total. The molecular formula is C17H18N2O5. The summed E-state index contributed by atoms with van der Waals surface area (Å²) in [4.78, 5) is 15.8. The highest BCUT2D eigenvalue weighted by atomic mass is 16.3. The monoisotopic (exact) mass is 330 g/mol. The van der Waals surface area contributed by atoms with Gasteiger partial charge in [-0.05, 0) is 30.7 Å². The molecule has 0 saturated carbocycles. The lowest BCUT2D eigenvalue weighted by Crippen LogP contribution is -2.21. The van der Waals surface area contributed by atoms with Crippen LogP contribution in [0.4, 0.5) is 0 Å². The zero-order chi connectivity index (χ0) is 17.7. The molecule has 126 valence electrons. The standard InChI is InChI=1S/C17H18N2O5/c1-10-17(24)15(12(9-20)7-18-10)8-19-16(23)3-2-11-4-13(21)6-14(22)5-11/h2-7,20-22,24H,8-9H2,1H3,(H,19,23)/b3-2+. The summed E-state index contributed by atoms with van der Waals surface area (Å²) in [6, 6.07) is 3.97. The maximum absolute atomic E-state index is 11.9. The van der Waals surface area contributed by atoms with Crippen LogP contribution in [0.25, 0.3) is 6.08 Å². The molecule has 0 saturated heterocycles. The molecule has 1 aromatic heterocycles. The summed E-state index contributed by atoms with van der Waals surface area (Å²) in [6.45, 7) is 1.35. The van der Waals surface area contributed by atoms with Gasteiger partial charge in [-0.15, -0.1) is 0 Å². The van der Waals surface area contributed by atoms with Crippen LogP contribution in [0.1, 0.15) is 22.4 Å². The number of aryl methyl sites for hydroxylation is 1. The zero-order valence-corrected chi connectivity index (χ0v) is 13.0. The van der Waals surface area contributed by atoms with Crippen molar-refractivity contribution in [2.75, 3.05) is 0 Å². The summed E-state index contributed by atoms with van der Waals surface area (Å²) in [6.07, 6.45) is 4.11. The number of aliphatic hydroxyl groups is 1. The molecule has 0 bridgehead atoms. The predicted octanol–water partition coefficient (Wildman–Crippen LogP) is 1.33. The van der Waals surface area contributed by atoms with Crippen molar-refractivity contribution in [3.8, 4) is 17.2 Å². The lowest BCUT2D eigenvalue weighted by atomic mass is 10.1. The number of nitrogens with zero attached hydrogens (tertiary/aromatic N) is 1. The van der Waals surface area contributed by atoms with Crippen molar-refractivity contribution in [3.63, 3.8) is 0 Å². The lowest BCUT2D eigenvalue weighted by molar-refractivity contribution is -0.116. The van der Waals surface area contributed by atoms with E-state index in [-0.39, 0.29) is 30.4 Å². The number of aromatic nitrogens is 1. The Labute approximate surface area is 138 Å². The van der Waals surface area contributed by atoms with E-state index in [1.165, 1.54) is 36.5 Å². The van der Waals surface area contributed by atoms with Gasteiger partial charge in [0, 0.05) is 36.0 Å². The fraction of sp³-hybridized carbons (Fsp3) is 0.176. The van der Waals surface area contributed by atoms with Gasteiger partial charge in [-0.1, -0.05) is 0 Å². The SMILES string of the molecule is Cc1ncc(CO)c(CNC(=O)/C=C/c2cc(O)cc(O)c2)c1O. The second-order valence-electron chi connectivity index (χ2n) is 5.19. The first-order valence-electron chi connectivity index (χ1n) is 7.17. The van der Waals surface area contributed by atoms with Gasteiger partial charge < -0.3 is 25.7 Å². The van der Waals surface area contributed by atoms with Crippen LogP contribution < -0.4 is 5.32 Å². The second kappa shape index (κ2) is 7.47. The van der Waals surface area contributed by atoms with Crippen molar-refractivity contribution in [1.82, 2.24) is 10.3 Å². The molecule has 1 amide bonds. The third kappa shape index (κ3) is 4.23. The molecule has 5 N–H and O–H groups in total. The Hall–Kier alpha value is -3.06. The fourth-order valence-electron chi connectivity index (χ4n) is 2.14. The number of pyridine rings is 1. The predicted molar refractivity (Wildman–Crippen MR) is 87.2 cm³/mol. The summed E-state index contributed by atoms with van der Waals surface area (Å²) >= 11 is 0. The minimum Gasteiger partial charge on any atom is -0.508 e. The summed E-state index contributed by atoms with van der Waals surface area (Å²) in [7, 11) is 0. The average Bonchev–Trinajstić information content (AvgIpc) is 2.53. The molecule has 7 heteroatoms. The summed E-state index contributed by atoms with van der Waals surface area (Å²) in [5, 5.41) is 40.6. The van der Waals surface area contributed by atoms with Crippen molar-refractivity contribution in [2.45, 2.75) is 20.1 Å². The van der Waals surface area contributed by atoms with E-state index in [0.29, 0.717) is 22.4 Å². The van der Waals surface area contributed by atoms with Gasteiger partial charge in [0.15, 0.2) is 0 Å². The van der Waals surface area contributed by atoms with Gasteiger partial charge >= 0.3 is 0 Å². The Kier molecular flexibility index (Phi) is 5.39. The summed E-state index contributed by atoms with van der Waals surface area (Å²) in [5.74, 6) is -0.723. The van der Waals surface area contributed by atoms with Crippen LogP contribution >= 0.6 is 0 Å². The largest absolute Gasteiger partial charge is 0.508 e. The number of phenols is 2. The number of phenolic OH excluding ortho intramolecular Hbond substituents is 2. The van der Waals surface area contributed by atoms with E-state index < -0.39 is 5.91 Å². The van der Waals surface area contributed by atoms with Gasteiger partial charge in [-0.2, -0.15) is 0 Å². The molecule has 1 heterocycles. The van der Waals surface area contributed by atoms with Crippen molar-refractivity contribution in [1.29, 1.82) is 0 Å². The van der Waals surface area contributed by atoms with Crippen molar-refractivity contribution in [3.05, 3.63) is 52.9 Å². The number of aromatic hydroxyl groups is 3. The van der Waals surface area contributed by atoms with Gasteiger partial charge in [0.05, 0.1) is 12.3 Å². The minimum absolute atomic E-state index is 0.0273. The van der Waals surface area contributed by atoms with Gasteiger partial charge in [0.1, 0.15) is 17.2 Å². The molecule has 0 unspecified atom stereocenters. The third-order valence-corrected chi connectivity index (χ3v) is 3.39. The van der Waals surface area contributed by atoms with Gasteiger partial charge in [-0.3, -0.25) is 9.78 Å². The lowest BCUT2D eigenvalue weighted by Gasteiger charge is -2.11. The number of hydrogen-bond acceptors (Lipinski definition) is 6. The molecule has 0 fully saturated rings. The van der Waals surface area contributed by atoms with Gasteiger partial charge in [0.25, 0.3) is 0 Å². The molecule has 0 radical (unpaired) electrons. The number of carbonyl (C=O) groups is 1. The van der Waals surface area contributed by atoms with Crippen LogP contribution in [-0.4, -0.2) is 31.3 Å². The van der Waals surface area contributed by atoms with Crippen LogP contribution in [0.15, 0.2) is 30.5 Å². The average molecular weight is 330 g/mol. The number of aliphatic hydroxyl groups excluding tert-OH is 1. The topological polar surface area (TPSA) is 123 Å². The van der Waals surface area contributed by atoms with Crippen LogP contribution in [0, 0.1) is 6.92 Å². The zero-order valence-electron chi connectivity index (χ0n) is 13.0. The highest BCUT2D eigenvalue weighted by molar-refractivity contribution is 5.91. The Bertz CT molecular complexity index is 767. The highest BCUT2D eigenvalue weighted by Crippen LogP contribution is 2.24. The molecule has 2 aromatic rings. The maximum Gasteiger partial charge on any atom is 0.244 e. The summed E-state index contributed by atoms with van der Waals surface area (Å²) in [5.41, 5.74) is 1.70. The van der Waals surface area contributed by atoms with Gasteiger partial charge in [0.2, 0.25) is 5.91 Å². The Balaban J connectivity index is 2.06. The molecule has 1 aromatic carbocycles. The molecule has 0 aliphatic rings. The first-order valence-corrected chi connectivity index (χ1v) is 7.17. The van der Waals surface area contributed by atoms with E-state index in [4.69, 9.17) is 0 Å². The number of benzene rings is 1. The Morgan fingerprint density at radius 3 is 2.50 bits per heavy atom. The smallest absolute Gasteiger partial charge is 0.244 e. The minimum atomic E-state index is -0.435. The Morgan fingerprint density at radius 2 is 1.88 bits per heavy atom. The van der Waals surface area contributed by atoms with Crippen LogP contribution in [0.2, 0.25) is 0 Å². The number of carbonyl (C=O) groups excluding carboxylic acids is 1. The van der Waals surface area contributed by atoms with E-state index in [1.54, 1.807) is 6.92 Å². The van der Waals surface area contributed by atoms with Crippen LogP contribution in [-0.2, 0) is 17.9 Å². The molecule has 24 heavy (non-hydrogen) atoms. The summed E-state index contributed by atoms with van der Waals surface area (Å²) < 4.78 is 0. The number of amides is 1. The van der Waals surface area contributed by atoms with Gasteiger partial charge in [-0.25, -0.2) is 0 Å². The molecule has 0 aliphatic heterocycles.